The minimum atomic E-state index is -0.648. The van der Waals surface area contributed by atoms with Gasteiger partial charge in [0, 0.05) is 25.5 Å². The number of rotatable bonds is 12. The number of hydrogen-bond donors (Lipinski definition) is 0. The van der Waals surface area contributed by atoms with E-state index in [9.17, 15) is 9.59 Å². The van der Waals surface area contributed by atoms with Crippen LogP contribution in [-0.4, -0.2) is 38.2 Å². The van der Waals surface area contributed by atoms with E-state index in [0.717, 1.165) is 16.9 Å². The zero-order chi connectivity index (χ0) is 23.5. The van der Waals surface area contributed by atoms with E-state index in [1.807, 2.05) is 54.6 Å². The van der Waals surface area contributed by atoms with Crippen molar-refractivity contribution >= 4 is 11.8 Å². The summed E-state index contributed by atoms with van der Waals surface area (Å²) < 4.78 is 16.0. The van der Waals surface area contributed by atoms with Gasteiger partial charge in [0.05, 0.1) is 13.2 Å². The summed E-state index contributed by atoms with van der Waals surface area (Å²) in [4.78, 5) is 24.4. The molecule has 1 unspecified atom stereocenters. The van der Waals surface area contributed by atoms with Gasteiger partial charge in [-0.1, -0.05) is 66.7 Å². The van der Waals surface area contributed by atoms with Gasteiger partial charge in [-0.15, -0.1) is 0 Å². The summed E-state index contributed by atoms with van der Waals surface area (Å²) in [6, 6.07) is 25.4. The van der Waals surface area contributed by atoms with Crippen LogP contribution in [0.2, 0.25) is 0 Å². The summed E-state index contributed by atoms with van der Waals surface area (Å²) in [5.74, 6) is 0.480. The molecule has 3 aromatic carbocycles. The Morgan fingerprint density at radius 3 is 2.15 bits per heavy atom. The Bertz CT molecular complexity index is 1010. The van der Waals surface area contributed by atoms with Gasteiger partial charge < -0.3 is 14.2 Å². The van der Waals surface area contributed by atoms with E-state index in [0.29, 0.717) is 38.0 Å². The smallest absolute Gasteiger partial charge is 0.335 e. The fourth-order valence-electron chi connectivity index (χ4n) is 3.48. The van der Waals surface area contributed by atoms with Crippen molar-refractivity contribution in [1.29, 1.82) is 0 Å². The monoisotopic (exact) mass is 446 g/mol. The van der Waals surface area contributed by atoms with E-state index < -0.39 is 6.10 Å². The lowest BCUT2D eigenvalue weighted by Gasteiger charge is -2.14. The third-order valence-electron chi connectivity index (χ3n) is 5.31. The number of hydrogen-bond acceptors (Lipinski definition) is 5. The number of carbonyl (C=O) groups is 2. The zero-order valence-electron chi connectivity index (χ0n) is 19.2. The van der Waals surface area contributed by atoms with Crippen LogP contribution in [-0.2, 0) is 20.7 Å². The van der Waals surface area contributed by atoms with Gasteiger partial charge in [0.1, 0.15) is 5.75 Å². The molecule has 0 bridgehead atoms. The van der Waals surface area contributed by atoms with Gasteiger partial charge >= 0.3 is 5.97 Å². The second-order valence-corrected chi connectivity index (χ2v) is 7.64. The molecule has 0 aliphatic rings. The average molecular weight is 447 g/mol. The Balaban J connectivity index is 1.43. The van der Waals surface area contributed by atoms with Crippen LogP contribution in [0, 0.1) is 0 Å². The number of ketones is 1. The fraction of sp³-hybridized carbons (Fsp3) is 0.286. The summed E-state index contributed by atoms with van der Waals surface area (Å²) >= 11 is 0. The van der Waals surface area contributed by atoms with Crippen LogP contribution in [0.25, 0.3) is 11.1 Å². The molecule has 5 nitrogen and oxygen atoms in total. The van der Waals surface area contributed by atoms with Gasteiger partial charge in [0.2, 0.25) is 0 Å². The van der Waals surface area contributed by atoms with Crippen LogP contribution < -0.4 is 4.74 Å². The first-order valence-corrected chi connectivity index (χ1v) is 11.2. The third-order valence-corrected chi connectivity index (χ3v) is 5.31. The predicted octanol–water partition coefficient (Wildman–Crippen LogP) is 5.52. The van der Waals surface area contributed by atoms with Crippen molar-refractivity contribution in [2.45, 2.75) is 32.3 Å². The maximum Gasteiger partial charge on any atom is 0.335 e. The number of Topliss-reactive ketones (excluding diaryl/α,β-unsaturated/α-hetero) is 1. The molecule has 1 atom stereocenters. The highest BCUT2D eigenvalue weighted by Crippen LogP contribution is 2.22. The van der Waals surface area contributed by atoms with E-state index in [-0.39, 0.29) is 11.8 Å². The van der Waals surface area contributed by atoms with Crippen molar-refractivity contribution in [3.63, 3.8) is 0 Å². The van der Waals surface area contributed by atoms with Crippen molar-refractivity contribution in [2.24, 2.45) is 0 Å². The molecule has 0 heterocycles. The highest BCUT2D eigenvalue weighted by molar-refractivity contribution is 5.96. The van der Waals surface area contributed by atoms with E-state index in [1.165, 1.54) is 12.7 Å². The third kappa shape index (κ3) is 7.29. The van der Waals surface area contributed by atoms with Crippen LogP contribution in [0.1, 0.15) is 35.7 Å². The highest BCUT2D eigenvalue weighted by Gasteiger charge is 2.19. The fourth-order valence-corrected chi connectivity index (χ4v) is 3.48. The molecule has 0 radical (unpaired) electrons. The molecular formula is C28H30O5. The Morgan fingerprint density at radius 2 is 1.52 bits per heavy atom. The minimum Gasteiger partial charge on any atom is -0.494 e. The van der Waals surface area contributed by atoms with E-state index in [1.54, 1.807) is 19.1 Å². The normalized spacial score (nSPS) is 11.6. The molecule has 3 aromatic rings. The highest BCUT2D eigenvalue weighted by atomic mass is 16.6. The molecule has 0 aromatic heterocycles. The predicted molar refractivity (Wildman–Crippen MR) is 129 cm³/mol. The molecule has 0 amide bonds. The van der Waals surface area contributed by atoms with Gasteiger partial charge in [-0.3, -0.25) is 4.79 Å². The number of esters is 1. The molecular weight excluding hydrogens is 416 g/mol. The molecule has 0 aliphatic heterocycles. The molecule has 0 spiro atoms. The van der Waals surface area contributed by atoms with Crippen molar-refractivity contribution < 1.29 is 23.8 Å². The molecule has 0 saturated heterocycles. The van der Waals surface area contributed by atoms with Gasteiger partial charge in [-0.05, 0) is 42.2 Å². The summed E-state index contributed by atoms with van der Waals surface area (Å²) in [6.45, 7) is 2.55. The maximum absolute atomic E-state index is 12.5. The number of methoxy groups -OCH3 is 1. The number of ether oxygens (including phenoxy) is 3. The van der Waals surface area contributed by atoms with E-state index in [2.05, 4.69) is 12.1 Å². The Hall–Kier alpha value is -3.44. The Labute approximate surface area is 195 Å². The standard InChI is InChI=1S/C28H30O5/c1-3-32-28(30)27(31-2)20-21-11-13-24(14-12-21)26(29)10-7-19-33-25-17-15-23(16-18-25)22-8-5-4-6-9-22/h4-6,8-9,11-18,27H,3,7,10,19-20H2,1-2H3. The van der Waals surface area contributed by atoms with Gasteiger partial charge in [-0.25, -0.2) is 4.79 Å². The molecule has 33 heavy (non-hydrogen) atoms. The SMILES string of the molecule is CCOC(=O)C(Cc1ccc(C(=O)CCCOc2ccc(-c3ccccc3)cc2)cc1)OC. The molecule has 0 fully saturated rings. The maximum atomic E-state index is 12.5. The summed E-state index contributed by atoms with van der Waals surface area (Å²) in [5, 5.41) is 0. The minimum absolute atomic E-state index is 0.0678. The van der Waals surface area contributed by atoms with E-state index in [4.69, 9.17) is 14.2 Å². The molecule has 0 N–H and O–H groups in total. The van der Waals surface area contributed by atoms with Crippen molar-refractivity contribution in [3.8, 4) is 16.9 Å². The van der Waals surface area contributed by atoms with Crippen molar-refractivity contribution in [2.75, 3.05) is 20.3 Å². The second kappa shape index (κ2) is 12.6. The average Bonchev–Trinajstić information content (AvgIpc) is 2.86. The first kappa shape index (κ1) is 24.2. The first-order chi connectivity index (χ1) is 16.1. The quantitative estimate of drug-likeness (QED) is 0.208. The van der Waals surface area contributed by atoms with Crippen LogP contribution in [0.15, 0.2) is 78.9 Å². The van der Waals surface area contributed by atoms with Crippen molar-refractivity contribution in [1.82, 2.24) is 0 Å². The summed E-state index contributed by atoms with van der Waals surface area (Å²) in [5.41, 5.74) is 3.87. The van der Waals surface area contributed by atoms with Gasteiger partial charge in [-0.2, -0.15) is 0 Å². The Morgan fingerprint density at radius 1 is 0.848 bits per heavy atom. The largest absolute Gasteiger partial charge is 0.494 e. The lowest BCUT2D eigenvalue weighted by Crippen LogP contribution is -2.27. The van der Waals surface area contributed by atoms with E-state index >= 15 is 0 Å². The van der Waals surface area contributed by atoms with Gasteiger partial charge in [0.25, 0.3) is 0 Å². The Kier molecular flexibility index (Phi) is 9.21. The number of carbonyl (C=O) groups excluding carboxylic acids is 2. The van der Waals surface area contributed by atoms with Crippen LogP contribution >= 0.6 is 0 Å². The lowest BCUT2D eigenvalue weighted by molar-refractivity contribution is -0.154. The van der Waals surface area contributed by atoms with Crippen LogP contribution in [0.4, 0.5) is 0 Å². The molecule has 172 valence electrons. The van der Waals surface area contributed by atoms with Crippen LogP contribution in [0.3, 0.4) is 0 Å². The first-order valence-electron chi connectivity index (χ1n) is 11.2. The van der Waals surface area contributed by atoms with Gasteiger partial charge in [0.15, 0.2) is 11.9 Å². The summed E-state index contributed by atoms with van der Waals surface area (Å²) in [7, 11) is 1.49. The molecule has 3 rings (SSSR count). The lowest BCUT2D eigenvalue weighted by atomic mass is 10.0. The molecule has 0 saturated carbocycles. The zero-order valence-corrected chi connectivity index (χ0v) is 19.2. The molecule has 5 heteroatoms. The second-order valence-electron chi connectivity index (χ2n) is 7.64. The molecule has 0 aliphatic carbocycles. The topological polar surface area (TPSA) is 61.8 Å². The number of benzene rings is 3. The van der Waals surface area contributed by atoms with Crippen LogP contribution in [0.5, 0.6) is 5.75 Å². The van der Waals surface area contributed by atoms with Crippen molar-refractivity contribution in [3.05, 3.63) is 90.0 Å². The summed E-state index contributed by atoms with van der Waals surface area (Å²) in [6.07, 6.45) is 0.798.